The van der Waals surface area contributed by atoms with Gasteiger partial charge in [-0.05, 0) is 13.5 Å². The van der Waals surface area contributed by atoms with Crippen molar-refractivity contribution in [2.45, 2.75) is 18.7 Å². The first-order valence-electron chi connectivity index (χ1n) is 2.16. The third-order valence-electron chi connectivity index (χ3n) is 0.720. The van der Waals surface area contributed by atoms with Crippen molar-refractivity contribution in [1.29, 1.82) is 0 Å². The molecule has 0 bridgehead atoms. The Balaban J connectivity index is 2.75. The predicted molar refractivity (Wildman–Crippen MR) is 32.1 cm³/mol. The lowest BCUT2D eigenvalue weighted by molar-refractivity contribution is 0.723. The molecule has 2 heteroatoms. The lowest BCUT2D eigenvalue weighted by Gasteiger charge is -2.01. The van der Waals surface area contributed by atoms with Gasteiger partial charge in [0.05, 0.1) is 0 Å². The van der Waals surface area contributed by atoms with Gasteiger partial charge in [0.1, 0.15) is 0 Å². The molecule has 0 heterocycles. The summed E-state index contributed by atoms with van der Waals surface area (Å²) in [6.07, 6.45) is 1.08. The lowest BCUT2D eigenvalue weighted by atomic mass is 10.5. The zero-order chi connectivity index (χ0) is 4.99. The number of nitrogens with one attached hydrogen (secondary N) is 1. The molecule has 0 aliphatic carbocycles. The molecule has 38 valence electrons. The molecule has 6 heavy (non-hydrogen) atoms. The van der Waals surface area contributed by atoms with E-state index in [1.54, 1.807) is 0 Å². The fourth-order valence-electron chi connectivity index (χ4n) is 0.204. The fourth-order valence-corrected chi connectivity index (χ4v) is 0.204. The number of hydrogen-bond acceptors (Lipinski definition) is 2. The summed E-state index contributed by atoms with van der Waals surface area (Å²) in [4.78, 5) is 0. The third-order valence-corrected chi connectivity index (χ3v) is 1.34. The van der Waals surface area contributed by atoms with Crippen molar-refractivity contribution in [3.63, 3.8) is 0 Å². The van der Waals surface area contributed by atoms with Crippen LogP contribution in [-0.4, -0.2) is 12.4 Å². The van der Waals surface area contributed by atoms with Crippen LogP contribution >= 0.6 is 12.6 Å². The Labute approximate surface area is 44.5 Å². The van der Waals surface area contributed by atoms with Gasteiger partial charge in [-0.3, -0.25) is 0 Å². The van der Waals surface area contributed by atoms with Gasteiger partial charge in [-0.15, -0.1) is 0 Å². The van der Waals surface area contributed by atoms with E-state index in [-0.39, 0.29) is 0 Å². The molecular formula is C4H11NS. The van der Waals surface area contributed by atoms with Gasteiger partial charge in [0.2, 0.25) is 0 Å². The van der Waals surface area contributed by atoms with Crippen LogP contribution < -0.4 is 5.32 Å². The molecule has 0 aliphatic rings. The highest BCUT2D eigenvalue weighted by molar-refractivity contribution is 7.80. The summed E-state index contributed by atoms with van der Waals surface area (Å²) < 4.78 is 0. The Morgan fingerprint density at radius 1 is 1.83 bits per heavy atom. The summed E-state index contributed by atoms with van der Waals surface area (Å²) in [7, 11) is 1.90. The fraction of sp³-hybridized carbons (Fsp3) is 1.00. The molecule has 1 atom stereocenters. The maximum Gasteiger partial charge on any atom is 0.0497 e. The van der Waals surface area contributed by atoms with Crippen LogP contribution in [0, 0.1) is 0 Å². The lowest BCUT2D eigenvalue weighted by Crippen LogP contribution is -2.16. The second kappa shape index (κ2) is 3.50. The second-order valence-corrected chi connectivity index (χ2v) is 1.84. The van der Waals surface area contributed by atoms with Gasteiger partial charge in [0.25, 0.3) is 0 Å². The van der Waals surface area contributed by atoms with Crippen molar-refractivity contribution >= 4 is 12.6 Å². The van der Waals surface area contributed by atoms with Gasteiger partial charge in [0.15, 0.2) is 0 Å². The maximum absolute atomic E-state index is 4.12. The quantitative estimate of drug-likeness (QED) is 0.392. The monoisotopic (exact) mass is 105 g/mol. The molecule has 0 spiro atoms. The highest BCUT2D eigenvalue weighted by Crippen LogP contribution is 1.90. The SMILES string of the molecule is CCC(S)NC. The van der Waals surface area contributed by atoms with E-state index in [1.807, 2.05) is 7.05 Å². The van der Waals surface area contributed by atoms with Crippen molar-refractivity contribution in [3.8, 4) is 0 Å². The van der Waals surface area contributed by atoms with Gasteiger partial charge < -0.3 is 5.32 Å². The average Bonchev–Trinajstić information content (AvgIpc) is 1.65. The van der Waals surface area contributed by atoms with Crippen LogP contribution in [0.4, 0.5) is 0 Å². The van der Waals surface area contributed by atoms with Crippen molar-refractivity contribution in [2.75, 3.05) is 7.05 Å². The maximum atomic E-state index is 4.12. The summed E-state index contributed by atoms with van der Waals surface area (Å²) in [6.45, 7) is 2.09. The summed E-state index contributed by atoms with van der Waals surface area (Å²) in [5, 5.41) is 3.36. The van der Waals surface area contributed by atoms with Crippen molar-refractivity contribution in [3.05, 3.63) is 0 Å². The molecule has 0 saturated heterocycles. The summed E-state index contributed by atoms with van der Waals surface area (Å²) in [5.41, 5.74) is 0. The molecule has 0 aromatic rings. The van der Waals surface area contributed by atoms with E-state index >= 15 is 0 Å². The summed E-state index contributed by atoms with van der Waals surface area (Å²) in [5.74, 6) is 0. The molecule has 0 rings (SSSR count). The topological polar surface area (TPSA) is 12.0 Å². The normalized spacial score (nSPS) is 14.5. The minimum Gasteiger partial charge on any atom is -0.309 e. The molecule has 0 saturated carbocycles. The average molecular weight is 105 g/mol. The minimum absolute atomic E-state index is 0.380. The van der Waals surface area contributed by atoms with E-state index in [0.29, 0.717) is 5.37 Å². The Bertz CT molecular complexity index is 26.7. The number of hydrogen-bond donors (Lipinski definition) is 2. The number of rotatable bonds is 2. The van der Waals surface area contributed by atoms with Crippen LogP contribution in [-0.2, 0) is 0 Å². The molecule has 0 amide bonds. The van der Waals surface area contributed by atoms with Crippen LogP contribution in [0.1, 0.15) is 13.3 Å². The highest BCUT2D eigenvalue weighted by Gasteiger charge is 1.87. The van der Waals surface area contributed by atoms with Gasteiger partial charge in [-0.2, -0.15) is 12.6 Å². The Kier molecular flexibility index (Phi) is 3.68. The predicted octanol–water partition coefficient (Wildman–Crippen LogP) is 0.872. The Morgan fingerprint density at radius 2 is 2.33 bits per heavy atom. The minimum atomic E-state index is 0.380. The van der Waals surface area contributed by atoms with Crippen LogP contribution in [0.5, 0.6) is 0 Å². The van der Waals surface area contributed by atoms with Crippen LogP contribution in [0.25, 0.3) is 0 Å². The zero-order valence-electron chi connectivity index (χ0n) is 4.23. The van der Waals surface area contributed by atoms with Crippen molar-refractivity contribution in [1.82, 2.24) is 5.32 Å². The highest BCUT2D eigenvalue weighted by atomic mass is 32.1. The molecular weight excluding hydrogens is 94.1 g/mol. The molecule has 1 N–H and O–H groups in total. The molecule has 0 radical (unpaired) electrons. The van der Waals surface area contributed by atoms with Crippen LogP contribution in [0.3, 0.4) is 0 Å². The van der Waals surface area contributed by atoms with Gasteiger partial charge in [0, 0.05) is 5.37 Å². The largest absolute Gasteiger partial charge is 0.309 e. The van der Waals surface area contributed by atoms with E-state index in [9.17, 15) is 0 Å². The van der Waals surface area contributed by atoms with Gasteiger partial charge >= 0.3 is 0 Å². The van der Waals surface area contributed by atoms with E-state index in [2.05, 4.69) is 24.9 Å². The van der Waals surface area contributed by atoms with E-state index < -0.39 is 0 Å². The summed E-state index contributed by atoms with van der Waals surface area (Å²) in [6, 6.07) is 0. The smallest absolute Gasteiger partial charge is 0.0497 e. The number of thiol groups is 1. The zero-order valence-corrected chi connectivity index (χ0v) is 5.13. The molecule has 1 nitrogen and oxygen atoms in total. The second-order valence-electron chi connectivity index (χ2n) is 1.21. The van der Waals surface area contributed by atoms with Gasteiger partial charge in [-0.1, -0.05) is 6.92 Å². The van der Waals surface area contributed by atoms with E-state index in [4.69, 9.17) is 0 Å². The Morgan fingerprint density at radius 3 is 2.33 bits per heavy atom. The van der Waals surface area contributed by atoms with Crippen LogP contribution in [0.15, 0.2) is 0 Å². The standard InChI is InChI=1S/C4H11NS/c1-3-4(6)5-2/h4-6H,3H2,1-2H3. The Hall–Kier alpha value is 0.310. The van der Waals surface area contributed by atoms with E-state index in [0.717, 1.165) is 6.42 Å². The molecule has 0 aromatic heterocycles. The molecule has 0 aliphatic heterocycles. The first-order chi connectivity index (χ1) is 2.81. The van der Waals surface area contributed by atoms with E-state index in [1.165, 1.54) is 0 Å². The molecule has 0 aromatic carbocycles. The first-order valence-corrected chi connectivity index (χ1v) is 2.68. The van der Waals surface area contributed by atoms with Crippen molar-refractivity contribution in [2.24, 2.45) is 0 Å². The van der Waals surface area contributed by atoms with Gasteiger partial charge in [-0.25, -0.2) is 0 Å². The van der Waals surface area contributed by atoms with Crippen LogP contribution in [0.2, 0.25) is 0 Å². The molecule has 1 unspecified atom stereocenters. The van der Waals surface area contributed by atoms with Crippen molar-refractivity contribution < 1.29 is 0 Å². The summed E-state index contributed by atoms with van der Waals surface area (Å²) >= 11 is 4.12. The first kappa shape index (κ1) is 6.31. The molecule has 0 fully saturated rings. The third kappa shape index (κ3) is 2.54.